The topological polar surface area (TPSA) is 119 Å². The SMILES string of the molecule is CC(C)COC(=O)c1ccc(Nc2ncnc(NCc3ccc(F)cc3)c2[N+](=O)[O-])cc1. The third kappa shape index (κ3) is 5.97. The van der Waals surface area contributed by atoms with Crippen molar-refractivity contribution in [1.82, 2.24) is 9.97 Å². The molecule has 0 radical (unpaired) electrons. The lowest BCUT2D eigenvalue weighted by molar-refractivity contribution is -0.383. The summed E-state index contributed by atoms with van der Waals surface area (Å²) in [4.78, 5) is 31.1. The second-order valence-electron chi connectivity index (χ2n) is 7.35. The number of halogens is 1. The smallest absolute Gasteiger partial charge is 0.353 e. The van der Waals surface area contributed by atoms with Crippen LogP contribution in [0.3, 0.4) is 0 Å². The second-order valence-corrected chi connectivity index (χ2v) is 7.35. The van der Waals surface area contributed by atoms with Crippen LogP contribution in [0.2, 0.25) is 0 Å². The number of benzene rings is 2. The first-order chi connectivity index (χ1) is 15.3. The van der Waals surface area contributed by atoms with E-state index in [1.165, 1.54) is 18.5 Å². The highest BCUT2D eigenvalue weighted by molar-refractivity contribution is 5.90. The summed E-state index contributed by atoms with van der Waals surface area (Å²) in [5.41, 5.74) is 1.26. The lowest BCUT2D eigenvalue weighted by Gasteiger charge is -2.11. The Balaban J connectivity index is 1.74. The van der Waals surface area contributed by atoms with Gasteiger partial charge in [-0.05, 0) is 47.9 Å². The van der Waals surface area contributed by atoms with Crippen LogP contribution in [0.4, 0.5) is 27.4 Å². The molecule has 0 fully saturated rings. The van der Waals surface area contributed by atoms with Crippen LogP contribution in [0, 0.1) is 21.8 Å². The first-order valence-corrected chi connectivity index (χ1v) is 9.85. The molecule has 1 aromatic heterocycles. The molecule has 0 atom stereocenters. The fraction of sp³-hybridized carbons (Fsp3) is 0.227. The maximum absolute atomic E-state index is 13.1. The normalized spacial score (nSPS) is 10.6. The number of nitro groups is 1. The Morgan fingerprint density at radius 2 is 1.75 bits per heavy atom. The average molecular weight is 439 g/mol. The number of nitrogens with zero attached hydrogens (tertiary/aromatic N) is 3. The van der Waals surface area contributed by atoms with Crippen molar-refractivity contribution in [3.63, 3.8) is 0 Å². The van der Waals surface area contributed by atoms with Gasteiger partial charge in [-0.15, -0.1) is 0 Å². The van der Waals surface area contributed by atoms with Crippen molar-refractivity contribution >= 4 is 29.0 Å². The third-order valence-corrected chi connectivity index (χ3v) is 4.31. The van der Waals surface area contributed by atoms with Crippen LogP contribution < -0.4 is 10.6 Å². The van der Waals surface area contributed by atoms with Crippen LogP contribution in [-0.2, 0) is 11.3 Å². The molecular formula is C22H22FN5O4. The Morgan fingerprint density at radius 1 is 1.09 bits per heavy atom. The average Bonchev–Trinajstić information content (AvgIpc) is 2.77. The first-order valence-electron chi connectivity index (χ1n) is 9.85. The zero-order valence-corrected chi connectivity index (χ0v) is 17.5. The Labute approximate surface area is 183 Å². The summed E-state index contributed by atoms with van der Waals surface area (Å²) >= 11 is 0. The molecule has 0 unspecified atom stereocenters. The number of esters is 1. The number of carbonyl (C=O) groups excluding carboxylic acids is 1. The summed E-state index contributed by atoms with van der Waals surface area (Å²) < 4.78 is 18.2. The zero-order chi connectivity index (χ0) is 23.1. The molecule has 0 aliphatic rings. The largest absolute Gasteiger partial charge is 0.462 e. The highest BCUT2D eigenvalue weighted by atomic mass is 19.1. The van der Waals surface area contributed by atoms with Gasteiger partial charge in [0.05, 0.1) is 17.1 Å². The Bertz CT molecular complexity index is 1090. The van der Waals surface area contributed by atoms with E-state index in [1.807, 2.05) is 13.8 Å². The van der Waals surface area contributed by atoms with Crippen LogP contribution in [0.25, 0.3) is 0 Å². The minimum Gasteiger partial charge on any atom is -0.462 e. The molecule has 0 saturated heterocycles. The van der Waals surface area contributed by atoms with Gasteiger partial charge >= 0.3 is 11.7 Å². The van der Waals surface area contributed by atoms with E-state index in [2.05, 4.69) is 20.6 Å². The van der Waals surface area contributed by atoms with Crippen molar-refractivity contribution in [3.05, 3.63) is 81.9 Å². The maximum Gasteiger partial charge on any atom is 0.353 e. The monoisotopic (exact) mass is 439 g/mol. The number of carbonyl (C=O) groups is 1. The molecule has 166 valence electrons. The number of ether oxygens (including phenoxy) is 1. The molecule has 3 rings (SSSR count). The molecule has 3 aromatic rings. The third-order valence-electron chi connectivity index (χ3n) is 4.31. The van der Waals surface area contributed by atoms with Crippen molar-refractivity contribution in [2.75, 3.05) is 17.2 Å². The van der Waals surface area contributed by atoms with E-state index in [0.717, 1.165) is 5.56 Å². The van der Waals surface area contributed by atoms with E-state index in [4.69, 9.17) is 4.74 Å². The van der Waals surface area contributed by atoms with Gasteiger partial charge in [-0.1, -0.05) is 26.0 Å². The van der Waals surface area contributed by atoms with Crippen LogP contribution >= 0.6 is 0 Å². The summed E-state index contributed by atoms with van der Waals surface area (Å²) in [6, 6.07) is 12.1. The van der Waals surface area contributed by atoms with Gasteiger partial charge in [-0.2, -0.15) is 0 Å². The van der Waals surface area contributed by atoms with Crippen molar-refractivity contribution in [2.45, 2.75) is 20.4 Å². The summed E-state index contributed by atoms with van der Waals surface area (Å²) in [5, 5.41) is 17.5. The van der Waals surface area contributed by atoms with E-state index in [0.29, 0.717) is 17.9 Å². The molecule has 0 aliphatic heterocycles. The maximum atomic E-state index is 13.1. The summed E-state index contributed by atoms with van der Waals surface area (Å²) in [6.45, 7) is 4.42. The van der Waals surface area contributed by atoms with Crippen LogP contribution in [0.5, 0.6) is 0 Å². The lowest BCUT2D eigenvalue weighted by Crippen LogP contribution is -2.10. The van der Waals surface area contributed by atoms with Gasteiger partial charge < -0.3 is 15.4 Å². The second kappa shape index (κ2) is 10.3. The molecule has 0 saturated carbocycles. The van der Waals surface area contributed by atoms with E-state index < -0.39 is 10.9 Å². The van der Waals surface area contributed by atoms with E-state index >= 15 is 0 Å². The molecule has 9 nitrogen and oxygen atoms in total. The van der Waals surface area contributed by atoms with Crippen molar-refractivity contribution in [2.24, 2.45) is 5.92 Å². The number of nitrogens with one attached hydrogen (secondary N) is 2. The molecule has 1 heterocycles. The van der Waals surface area contributed by atoms with Gasteiger partial charge in [0.2, 0.25) is 11.6 Å². The van der Waals surface area contributed by atoms with Gasteiger partial charge in [0.1, 0.15) is 12.1 Å². The molecule has 10 heteroatoms. The quantitative estimate of drug-likeness (QED) is 0.280. The van der Waals surface area contributed by atoms with E-state index in [-0.39, 0.29) is 35.6 Å². The number of hydrogen-bond acceptors (Lipinski definition) is 8. The van der Waals surface area contributed by atoms with Crippen LogP contribution in [0.1, 0.15) is 29.8 Å². The van der Waals surface area contributed by atoms with Gasteiger partial charge in [-0.3, -0.25) is 10.1 Å². The van der Waals surface area contributed by atoms with Gasteiger partial charge in [0.15, 0.2) is 0 Å². The minimum atomic E-state index is -0.590. The van der Waals surface area contributed by atoms with Crippen LogP contribution in [-0.4, -0.2) is 27.5 Å². The van der Waals surface area contributed by atoms with Crippen molar-refractivity contribution in [3.8, 4) is 0 Å². The zero-order valence-electron chi connectivity index (χ0n) is 17.5. The summed E-state index contributed by atoms with van der Waals surface area (Å²) in [6.07, 6.45) is 1.19. The molecule has 0 aliphatic carbocycles. The molecule has 0 amide bonds. The van der Waals surface area contributed by atoms with Crippen molar-refractivity contribution < 1.29 is 18.8 Å². The number of aromatic nitrogens is 2. The summed E-state index contributed by atoms with van der Waals surface area (Å²) in [5.74, 6) is -0.575. The Hall–Kier alpha value is -4.08. The van der Waals surface area contributed by atoms with Gasteiger partial charge in [0, 0.05) is 12.2 Å². The van der Waals surface area contributed by atoms with E-state index in [9.17, 15) is 19.3 Å². The first kappa shape index (κ1) is 22.6. The molecule has 0 spiro atoms. The fourth-order valence-electron chi connectivity index (χ4n) is 2.71. The van der Waals surface area contributed by atoms with Gasteiger partial charge in [0.25, 0.3) is 0 Å². The molecule has 2 N–H and O–H groups in total. The highest BCUT2D eigenvalue weighted by Crippen LogP contribution is 2.31. The number of anilines is 3. The summed E-state index contributed by atoms with van der Waals surface area (Å²) in [7, 11) is 0. The molecule has 2 aromatic carbocycles. The molecular weight excluding hydrogens is 417 g/mol. The lowest BCUT2D eigenvalue weighted by atomic mass is 10.2. The number of hydrogen-bond donors (Lipinski definition) is 2. The fourth-order valence-corrected chi connectivity index (χ4v) is 2.71. The minimum absolute atomic E-state index is 0.0123. The van der Waals surface area contributed by atoms with E-state index in [1.54, 1.807) is 36.4 Å². The Kier molecular flexibility index (Phi) is 7.27. The predicted molar refractivity (Wildman–Crippen MR) is 117 cm³/mol. The predicted octanol–water partition coefficient (Wildman–Crippen LogP) is 4.69. The molecule has 32 heavy (non-hydrogen) atoms. The Morgan fingerprint density at radius 3 is 2.38 bits per heavy atom. The standard InChI is InChI=1S/C22H22FN5O4/c1-14(2)12-32-22(29)16-5-9-18(10-6-16)27-21-19(28(30)31)20(25-13-26-21)24-11-15-3-7-17(23)8-4-15/h3-10,13-14H,11-12H2,1-2H3,(H2,24,25,26,27). The number of rotatable bonds is 9. The van der Waals surface area contributed by atoms with Crippen molar-refractivity contribution in [1.29, 1.82) is 0 Å². The van der Waals surface area contributed by atoms with Crippen LogP contribution in [0.15, 0.2) is 54.9 Å². The highest BCUT2D eigenvalue weighted by Gasteiger charge is 2.23. The van der Waals surface area contributed by atoms with Gasteiger partial charge in [-0.25, -0.2) is 19.2 Å². The molecule has 0 bridgehead atoms.